The molecular weight excluding hydrogens is 344 g/mol. The molecule has 1 aliphatic heterocycles. The molecule has 7 heteroatoms. The Morgan fingerprint density at radius 1 is 1.30 bits per heavy atom. The molecule has 2 aromatic rings. The maximum absolute atomic E-state index is 5.74. The lowest BCUT2D eigenvalue weighted by Gasteiger charge is -2.27. The van der Waals surface area contributed by atoms with Gasteiger partial charge < -0.3 is 19.5 Å². The number of anilines is 1. The Bertz CT molecular complexity index is 734. The van der Waals surface area contributed by atoms with Crippen molar-refractivity contribution in [2.45, 2.75) is 26.0 Å². The second-order valence-electron chi connectivity index (χ2n) is 7.05. The minimum Gasteiger partial charge on any atom is -0.385 e. The third kappa shape index (κ3) is 5.84. The quantitative estimate of drug-likeness (QED) is 0.675. The lowest BCUT2D eigenvalue weighted by molar-refractivity contribution is -0.0964. The van der Waals surface area contributed by atoms with Gasteiger partial charge in [-0.25, -0.2) is 9.97 Å². The number of nitrogens with one attached hydrogen (secondary N) is 1. The highest BCUT2D eigenvalue weighted by Gasteiger charge is 2.17. The zero-order valence-electron chi connectivity index (χ0n) is 16.5. The minimum atomic E-state index is 0.110. The smallest absolute Gasteiger partial charge is 0.145 e. The van der Waals surface area contributed by atoms with Crippen LogP contribution in [0.3, 0.4) is 0 Å². The third-order valence-electron chi connectivity index (χ3n) is 4.53. The van der Waals surface area contributed by atoms with Crippen molar-refractivity contribution in [3.05, 3.63) is 29.6 Å². The van der Waals surface area contributed by atoms with Crippen molar-refractivity contribution < 1.29 is 14.2 Å². The summed E-state index contributed by atoms with van der Waals surface area (Å²) in [7, 11) is 3.78. The lowest BCUT2D eigenvalue weighted by Crippen LogP contribution is -2.38. The average molecular weight is 374 g/mol. The van der Waals surface area contributed by atoms with Gasteiger partial charge in [0.2, 0.25) is 0 Å². The van der Waals surface area contributed by atoms with Crippen LogP contribution in [0.1, 0.15) is 17.8 Å². The summed E-state index contributed by atoms with van der Waals surface area (Å²) in [6.07, 6.45) is 1.04. The molecule has 1 aromatic carbocycles. The highest BCUT2D eigenvalue weighted by Crippen LogP contribution is 2.22. The van der Waals surface area contributed by atoms with Crippen LogP contribution in [0.4, 0.5) is 5.82 Å². The lowest BCUT2D eigenvalue weighted by atomic mass is 10.1. The van der Waals surface area contributed by atoms with Gasteiger partial charge in [-0.1, -0.05) is 11.6 Å². The molecule has 1 fully saturated rings. The molecule has 0 saturated carbocycles. The molecule has 1 atom stereocenters. The number of aromatic nitrogens is 2. The van der Waals surface area contributed by atoms with Crippen molar-refractivity contribution in [3.63, 3.8) is 0 Å². The summed E-state index contributed by atoms with van der Waals surface area (Å²) in [5.74, 6) is 1.69. The van der Waals surface area contributed by atoms with Crippen LogP contribution in [0, 0.1) is 6.92 Å². The molecule has 3 rings (SSSR count). The van der Waals surface area contributed by atoms with E-state index in [1.54, 1.807) is 7.11 Å². The Balaban J connectivity index is 1.72. The van der Waals surface area contributed by atoms with E-state index in [0.717, 1.165) is 48.7 Å². The Morgan fingerprint density at radius 3 is 2.96 bits per heavy atom. The first kappa shape index (κ1) is 19.9. The van der Waals surface area contributed by atoms with Crippen molar-refractivity contribution in [1.82, 2.24) is 14.9 Å². The first-order valence-corrected chi connectivity index (χ1v) is 9.53. The van der Waals surface area contributed by atoms with Gasteiger partial charge in [0.05, 0.1) is 38.0 Å². The summed E-state index contributed by atoms with van der Waals surface area (Å²) in [5.41, 5.74) is 2.16. The standard InChI is InChI=1S/C20H30N4O3/c1-15-5-6-18-17(11-15)20(21-7-4-8-25-3)23-19(22-18)13-24(2)12-16-14-26-9-10-27-16/h5-6,11,16H,4,7-10,12-14H2,1-3H3,(H,21,22,23). The maximum Gasteiger partial charge on any atom is 0.145 e. The Kier molecular flexibility index (Phi) is 7.34. The second-order valence-corrected chi connectivity index (χ2v) is 7.05. The van der Waals surface area contributed by atoms with Gasteiger partial charge in [-0.2, -0.15) is 0 Å². The molecule has 0 radical (unpaired) electrons. The summed E-state index contributed by atoms with van der Waals surface area (Å²) in [6, 6.07) is 6.29. The summed E-state index contributed by atoms with van der Waals surface area (Å²) in [4.78, 5) is 11.7. The molecule has 1 saturated heterocycles. The van der Waals surface area contributed by atoms with Crippen molar-refractivity contribution in [1.29, 1.82) is 0 Å². The van der Waals surface area contributed by atoms with Gasteiger partial charge in [-0.05, 0) is 32.5 Å². The first-order chi connectivity index (χ1) is 13.2. The second kappa shape index (κ2) is 9.94. The van der Waals surface area contributed by atoms with E-state index < -0.39 is 0 Å². The van der Waals surface area contributed by atoms with E-state index in [0.29, 0.717) is 26.4 Å². The molecular formula is C20H30N4O3. The average Bonchev–Trinajstić information content (AvgIpc) is 2.66. The highest BCUT2D eigenvalue weighted by molar-refractivity contribution is 5.89. The third-order valence-corrected chi connectivity index (χ3v) is 4.53. The van der Waals surface area contributed by atoms with Crippen LogP contribution < -0.4 is 5.32 Å². The number of ether oxygens (including phenoxy) is 3. The molecule has 1 unspecified atom stereocenters. The monoisotopic (exact) mass is 374 g/mol. The Morgan fingerprint density at radius 2 is 2.19 bits per heavy atom. The van der Waals surface area contributed by atoms with Gasteiger partial charge in [0.25, 0.3) is 0 Å². The van der Waals surface area contributed by atoms with E-state index in [-0.39, 0.29) is 6.10 Å². The molecule has 1 aliphatic rings. The Labute approximate surface area is 161 Å². The summed E-state index contributed by atoms with van der Waals surface area (Å²) >= 11 is 0. The van der Waals surface area contributed by atoms with E-state index in [1.165, 1.54) is 5.56 Å². The predicted molar refractivity (Wildman–Crippen MR) is 106 cm³/mol. The first-order valence-electron chi connectivity index (χ1n) is 9.53. The Hall–Kier alpha value is -1.80. The number of aryl methyl sites for hydroxylation is 1. The number of likely N-dealkylation sites (N-methyl/N-ethyl adjacent to an activating group) is 1. The number of hydrogen-bond acceptors (Lipinski definition) is 7. The van der Waals surface area contributed by atoms with E-state index in [9.17, 15) is 0 Å². The van der Waals surface area contributed by atoms with E-state index in [1.807, 2.05) is 0 Å². The van der Waals surface area contributed by atoms with Crippen LogP contribution >= 0.6 is 0 Å². The topological polar surface area (TPSA) is 68.7 Å². The minimum absolute atomic E-state index is 0.110. The summed E-state index contributed by atoms with van der Waals surface area (Å²) in [6.45, 7) is 7.09. The molecule has 7 nitrogen and oxygen atoms in total. The number of hydrogen-bond donors (Lipinski definition) is 1. The number of nitrogens with zero attached hydrogens (tertiary/aromatic N) is 3. The van der Waals surface area contributed by atoms with Gasteiger partial charge in [0, 0.05) is 32.2 Å². The predicted octanol–water partition coefficient (Wildman–Crippen LogP) is 2.23. The fraction of sp³-hybridized carbons (Fsp3) is 0.600. The van der Waals surface area contributed by atoms with Gasteiger partial charge in [-0.3, -0.25) is 4.90 Å². The van der Waals surface area contributed by atoms with Crippen LogP contribution in [0.15, 0.2) is 18.2 Å². The SMILES string of the molecule is COCCCNc1nc(CN(C)CC2COCCO2)nc2ccc(C)cc12. The molecule has 0 aliphatic carbocycles. The summed E-state index contributed by atoms with van der Waals surface area (Å²) < 4.78 is 16.4. The number of methoxy groups -OCH3 is 1. The van der Waals surface area contributed by atoms with Gasteiger partial charge in [0.15, 0.2) is 0 Å². The van der Waals surface area contributed by atoms with Crippen LogP contribution in [-0.4, -0.2) is 74.6 Å². The van der Waals surface area contributed by atoms with E-state index in [2.05, 4.69) is 42.4 Å². The molecule has 2 heterocycles. The number of rotatable bonds is 9. The molecule has 1 N–H and O–H groups in total. The zero-order chi connectivity index (χ0) is 19.1. The number of benzene rings is 1. The van der Waals surface area contributed by atoms with Crippen LogP contribution in [0.25, 0.3) is 10.9 Å². The molecule has 0 amide bonds. The maximum atomic E-state index is 5.74. The largest absolute Gasteiger partial charge is 0.385 e. The normalized spacial score (nSPS) is 17.6. The van der Waals surface area contributed by atoms with Crippen molar-refractivity contribution in [2.24, 2.45) is 0 Å². The van der Waals surface area contributed by atoms with Crippen molar-refractivity contribution in [3.8, 4) is 0 Å². The van der Waals surface area contributed by atoms with Crippen LogP contribution in [0.2, 0.25) is 0 Å². The van der Waals surface area contributed by atoms with Crippen molar-refractivity contribution in [2.75, 3.05) is 59.0 Å². The zero-order valence-corrected chi connectivity index (χ0v) is 16.5. The molecule has 1 aromatic heterocycles. The number of fused-ring (bicyclic) bond motifs is 1. The molecule has 148 valence electrons. The van der Waals surface area contributed by atoms with Gasteiger partial charge in [0.1, 0.15) is 11.6 Å². The molecule has 27 heavy (non-hydrogen) atoms. The molecule has 0 spiro atoms. The van der Waals surface area contributed by atoms with Gasteiger partial charge in [-0.15, -0.1) is 0 Å². The van der Waals surface area contributed by atoms with Crippen LogP contribution in [0.5, 0.6) is 0 Å². The van der Waals surface area contributed by atoms with E-state index >= 15 is 0 Å². The highest BCUT2D eigenvalue weighted by atomic mass is 16.6. The van der Waals surface area contributed by atoms with Crippen molar-refractivity contribution >= 4 is 16.7 Å². The summed E-state index contributed by atoms with van der Waals surface area (Å²) in [5, 5.41) is 4.51. The molecule has 0 bridgehead atoms. The fourth-order valence-corrected chi connectivity index (χ4v) is 3.21. The van der Waals surface area contributed by atoms with E-state index in [4.69, 9.17) is 24.2 Å². The fourth-order valence-electron chi connectivity index (χ4n) is 3.21. The van der Waals surface area contributed by atoms with Crippen LogP contribution in [-0.2, 0) is 20.8 Å². The van der Waals surface area contributed by atoms with Gasteiger partial charge >= 0.3 is 0 Å².